The number of carboxylic acid groups (broad SMARTS) is 1. The molecule has 0 saturated heterocycles. The van der Waals surface area contributed by atoms with Crippen LogP contribution < -0.4 is 10.6 Å². The van der Waals surface area contributed by atoms with Crippen molar-refractivity contribution in [1.29, 1.82) is 0 Å². The molecule has 0 fully saturated rings. The number of thiophene rings is 1. The molecule has 0 aliphatic carbocycles. The topological polar surface area (TPSA) is 91.3 Å². The molecular formula is C13H13N3O3S. The van der Waals surface area contributed by atoms with Crippen LogP contribution in [0.5, 0.6) is 0 Å². The molecule has 2 aromatic rings. The van der Waals surface area contributed by atoms with Gasteiger partial charge in [0.05, 0.1) is 5.56 Å². The maximum atomic E-state index is 11.6. The molecule has 0 aliphatic rings. The number of pyridine rings is 1. The number of amides is 2. The second-order valence-electron chi connectivity index (χ2n) is 3.92. The Morgan fingerprint density at radius 2 is 2.15 bits per heavy atom. The van der Waals surface area contributed by atoms with E-state index in [-0.39, 0.29) is 5.56 Å². The molecule has 2 heterocycles. The SMILES string of the molecule is O=C(NCCc1ccccn1)Nc1sccc1C(=O)O. The maximum Gasteiger partial charge on any atom is 0.338 e. The fourth-order valence-electron chi connectivity index (χ4n) is 1.57. The predicted octanol–water partition coefficient (Wildman–Crippen LogP) is 2.21. The van der Waals surface area contributed by atoms with Gasteiger partial charge in [-0.3, -0.25) is 10.3 Å². The molecule has 2 aromatic heterocycles. The van der Waals surface area contributed by atoms with Gasteiger partial charge in [-0.1, -0.05) is 6.07 Å². The molecule has 0 aliphatic heterocycles. The van der Waals surface area contributed by atoms with E-state index in [9.17, 15) is 9.59 Å². The number of urea groups is 1. The summed E-state index contributed by atoms with van der Waals surface area (Å²) < 4.78 is 0. The van der Waals surface area contributed by atoms with E-state index in [0.29, 0.717) is 18.0 Å². The van der Waals surface area contributed by atoms with E-state index < -0.39 is 12.0 Å². The molecule has 3 N–H and O–H groups in total. The largest absolute Gasteiger partial charge is 0.478 e. The first-order valence-electron chi connectivity index (χ1n) is 5.92. The quantitative estimate of drug-likeness (QED) is 0.787. The minimum Gasteiger partial charge on any atom is -0.478 e. The van der Waals surface area contributed by atoms with Crippen molar-refractivity contribution in [2.45, 2.75) is 6.42 Å². The van der Waals surface area contributed by atoms with Crippen LogP contribution in [-0.4, -0.2) is 28.6 Å². The smallest absolute Gasteiger partial charge is 0.338 e. The van der Waals surface area contributed by atoms with Crippen molar-refractivity contribution in [1.82, 2.24) is 10.3 Å². The fourth-order valence-corrected chi connectivity index (χ4v) is 2.35. The summed E-state index contributed by atoms with van der Waals surface area (Å²) in [6, 6.07) is 6.62. The van der Waals surface area contributed by atoms with E-state index >= 15 is 0 Å². The van der Waals surface area contributed by atoms with E-state index in [0.717, 1.165) is 5.69 Å². The molecule has 0 saturated carbocycles. The van der Waals surface area contributed by atoms with E-state index in [1.807, 2.05) is 18.2 Å². The maximum absolute atomic E-state index is 11.6. The van der Waals surface area contributed by atoms with Crippen LogP contribution in [0, 0.1) is 0 Å². The first kappa shape index (κ1) is 14.0. The summed E-state index contributed by atoms with van der Waals surface area (Å²) in [6.45, 7) is 0.427. The summed E-state index contributed by atoms with van der Waals surface area (Å²) in [5, 5.41) is 16.0. The van der Waals surface area contributed by atoms with E-state index in [4.69, 9.17) is 5.11 Å². The molecule has 0 aromatic carbocycles. The third kappa shape index (κ3) is 3.79. The van der Waals surface area contributed by atoms with Gasteiger partial charge < -0.3 is 10.4 Å². The highest BCUT2D eigenvalue weighted by Gasteiger charge is 2.13. The van der Waals surface area contributed by atoms with Crippen molar-refractivity contribution in [3.05, 3.63) is 47.1 Å². The third-order valence-corrected chi connectivity index (χ3v) is 3.35. The van der Waals surface area contributed by atoms with Crippen molar-refractivity contribution in [2.24, 2.45) is 0 Å². The number of aromatic carboxylic acids is 1. The molecule has 20 heavy (non-hydrogen) atoms. The van der Waals surface area contributed by atoms with Gasteiger partial charge >= 0.3 is 12.0 Å². The summed E-state index contributed by atoms with van der Waals surface area (Å²) >= 11 is 1.17. The van der Waals surface area contributed by atoms with Crippen molar-refractivity contribution in [3.8, 4) is 0 Å². The molecule has 7 heteroatoms. The highest BCUT2D eigenvalue weighted by Crippen LogP contribution is 2.22. The Balaban J connectivity index is 1.81. The Hall–Kier alpha value is -2.41. The van der Waals surface area contributed by atoms with Crippen molar-refractivity contribution < 1.29 is 14.7 Å². The summed E-state index contributed by atoms with van der Waals surface area (Å²) in [6.07, 6.45) is 2.31. The Morgan fingerprint density at radius 3 is 2.85 bits per heavy atom. The molecule has 104 valence electrons. The molecule has 0 spiro atoms. The number of carboxylic acids is 1. The van der Waals surface area contributed by atoms with Crippen LogP contribution in [0.3, 0.4) is 0 Å². The first-order valence-corrected chi connectivity index (χ1v) is 6.80. The Bertz CT molecular complexity index is 598. The number of nitrogens with one attached hydrogen (secondary N) is 2. The molecule has 0 atom stereocenters. The predicted molar refractivity (Wildman–Crippen MR) is 76.2 cm³/mol. The van der Waals surface area contributed by atoms with Gasteiger partial charge in [-0.25, -0.2) is 9.59 Å². The number of nitrogens with zero attached hydrogens (tertiary/aromatic N) is 1. The lowest BCUT2D eigenvalue weighted by Crippen LogP contribution is -2.30. The van der Waals surface area contributed by atoms with Gasteiger partial charge in [-0.05, 0) is 23.6 Å². The summed E-state index contributed by atoms with van der Waals surface area (Å²) in [4.78, 5) is 26.7. The van der Waals surface area contributed by atoms with Crippen LogP contribution in [0.2, 0.25) is 0 Å². The van der Waals surface area contributed by atoms with E-state index in [1.165, 1.54) is 17.4 Å². The molecular weight excluding hydrogens is 278 g/mol. The minimum absolute atomic E-state index is 0.0925. The van der Waals surface area contributed by atoms with Crippen LogP contribution >= 0.6 is 11.3 Å². The van der Waals surface area contributed by atoms with Gasteiger partial charge in [0.1, 0.15) is 5.00 Å². The average molecular weight is 291 g/mol. The minimum atomic E-state index is -1.06. The first-order chi connectivity index (χ1) is 9.66. The zero-order valence-corrected chi connectivity index (χ0v) is 11.3. The zero-order chi connectivity index (χ0) is 14.4. The molecule has 2 amide bonds. The lowest BCUT2D eigenvalue weighted by atomic mass is 10.3. The summed E-state index contributed by atoms with van der Waals surface area (Å²) in [5.74, 6) is -1.06. The second kappa shape index (κ2) is 6.67. The molecule has 0 bridgehead atoms. The molecule has 0 radical (unpaired) electrons. The molecule has 2 rings (SSSR count). The lowest BCUT2D eigenvalue weighted by molar-refractivity contribution is 0.0698. The van der Waals surface area contributed by atoms with Crippen LogP contribution in [0.4, 0.5) is 9.80 Å². The van der Waals surface area contributed by atoms with Crippen LogP contribution in [-0.2, 0) is 6.42 Å². The highest BCUT2D eigenvalue weighted by molar-refractivity contribution is 7.14. The number of hydrogen-bond donors (Lipinski definition) is 3. The van der Waals surface area contributed by atoms with Gasteiger partial charge in [-0.2, -0.15) is 0 Å². The average Bonchev–Trinajstić information content (AvgIpc) is 2.88. The van der Waals surface area contributed by atoms with Gasteiger partial charge in [0.15, 0.2) is 0 Å². The highest BCUT2D eigenvalue weighted by atomic mass is 32.1. The van der Waals surface area contributed by atoms with E-state index in [1.54, 1.807) is 11.6 Å². The Morgan fingerprint density at radius 1 is 1.30 bits per heavy atom. The number of carbonyl (C=O) groups excluding carboxylic acids is 1. The molecule has 6 nitrogen and oxygen atoms in total. The standard InChI is InChI=1S/C13H13N3O3S/c17-12(18)10-5-8-20-11(10)16-13(19)15-7-4-9-3-1-2-6-14-9/h1-3,5-6,8H,4,7H2,(H,17,18)(H2,15,16,19). The number of anilines is 1. The third-order valence-electron chi connectivity index (χ3n) is 2.52. The van der Waals surface area contributed by atoms with Gasteiger partial charge in [0, 0.05) is 24.9 Å². The van der Waals surface area contributed by atoms with Gasteiger partial charge in [-0.15, -0.1) is 11.3 Å². The van der Waals surface area contributed by atoms with Crippen molar-refractivity contribution >= 4 is 28.3 Å². The zero-order valence-electron chi connectivity index (χ0n) is 10.5. The van der Waals surface area contributed by atoms with Gasteiger partial charge in [0.25, 0.3) is 0 Å². The van der Waals surface area contributed by atoms with Crippen molar-refractivity contribution in [3.63, 3.8) is 0 Å². The number of aromatic nitrogens is 1. The normalized spacial score (nSPS) is 10.0. The monoisotopic (exact) mass is 291 g/mol. The lowest BCUT2D eigenvalue weighted by Gasteiger charge is -2.06. The van der Waals surface area contributed by atoms with Crippen LogP contribution in [0.15, 0.2) is 35.8 Å². The Labute approximate surface area is 119 Å². The fraction of sp³-hybridized carbons (Fsp3) is 0.154. The summed E-state index contributed by atoms with van der Waals surface area (Å²) in [5.41, 5.74) is 0.977. The molecule has 0 unspecified atom stereocenters. The summed E-state index contributed by atoms with van der Waals surface area (Å²) in [7, 11) is 0. The van der Waals surface area contributed by atoms with Crippen molar-refractivity contribution in [2.75, 3.05) is 11.9 Å². The number of hydrogen-bond acceptors (Lipinski definition) is 4. The van der Waals surface area contributed by atoms with Crippen LogP contribution in [0.25, 0.3) is 0 Å². The second-order valence-corrected chi connectivity index (χ2v) is 4.84. The Kier molecular flexibility index (Phi) is 4.67. The van der Waals surface area contributed by atoms with Gasteiger partial charge in [0.2, 0.25) is 0 Å². The van der Waals surface area contributed by atoms with Crippen LogP contribution in [0.1, 0.15) is 16.1 Å². The number of rotatable bonds is 5. The van der Waals surface area contributed by atoms with E-state index in [2.05, 4.69) is 15.6 Å². The number of carbonyl (C=O) groups is 2.